The average Bonchev–Trinajstić information content (AvgIpc) is 2.42. The van der Waals surface area contributed by atoms with Gasteiger partial charge in [0.15, 0.2) is 0 Å². The summed E-state index contributed by atoms with van der Waals surface area (Å²) in [6.07, 6.45) is 0.962. The summed E-state index contributed by atoms with van der Waals surface area (Å²) in [7, 11) is 0. The Bertz CT molecular complexity index is 593. The Morgan fingerprint density at radius 1 is 1.15 bits per heavy atom. The SMILES string of the molecule is Cc1ccc(CC(Cc2ccccc2)C(=O)O)c(Cl)c1. The standard InChI is InChI=1S/C17H17ClO2/c1-12-7-8-14(16(18)9-12)11-15(17(19)20)10-13-5-3-2-4-6-13/h2-9,15H,10-11H2,1H3,(H,19,20). The van der Waals surface area contributed by atoms with Crippen LogP contribution in [0, 0.1) is 12.8 Å². The molecule has 0 bridgehead atoms. The number of halogens is 1. The first-order valence-corrected chi connectivity index (χ1v) is 6.96. The Hall–Kier alpha value is -1.80. The molecule has 0 amide bonds. The number of aryl methyl sites for hydroxylation is 1. The molecule has 0 saturated heterocycles. The maximum absolute atomic E-state index is 11.4. The van der Waals surface area contributed by atoms with Gasteiger partial charge in [0.05, 0.1) is 5.92 Å². The van der Waals surface area contributed by atoms with Crippen molar-refractivity contribution in [1.82, 2.24) is 0 Å². The van der Waals surface area contributed by atoms with Crippen molar-refractivity contribution in [1.29, 1.82) is 0 Å². The number of carboxylic acids is 1. The van der Waals surface area contributed by atoms with Gasteiger partial charge in [-0.3, -0.25) is 4.79 Å². The van der Waals surface area contributed by atoms with E-state index in [1.165, 1.54) is 0 Å². The lowest BCUT2D eigenvalue weighted by molar-refractivity contribution is -0.141. The second-order valence-electron chi connectivity index (χ2n) is 5.02. The molecular weight excluding hydrogens is 272 g/mol. The number of carbonyl (C=O) groups is 1. The van der Waals surface area contributed by atoms with Crippen molar-refractivity contribution in [3.05, 3.63) is 70.2 Å². The van der Waals surface area contributed by atoms with Gasteiger partial charge in [-0.25, -0.2) is 0 Å². The van der Waals surface area contributed by atoms with Crippen LogP contribution in [0.5, 0.6) is 0 Å². The first kappa shape index (κ1) is 14.6. The number of hydrogen-bond acceptors (Lipinski definition) is 1. The van der Waals surface area contributed by atoms with E-state index in [1.54, 1.807) is 0 Å². The quantitative estimate of drug-likeness (QED) is 0.898. The smallest absolute Gasteiger partial charge is 0.307 e. The third-order valence-electron chi connectivity index (χ3n) is 3.35. The summed E-state index contributed by atoms with van der Waals surface area (Å²) >= 11 is 6.19. The molecule has 2 nitrogen and oxygen atoms in total. The zero-order valence-electron chi connectivity index (χ0n) is 11.3. The molecule has 3 heteroatoms. The summed E-state index contributed by atoms with van der Waals surface area (Å²) in [4.78, 5) is 11.4. The fraction of sp³-hybridized carbons (Fsp3) is 0.235. The summed E-state index contributed by atoms with van der Waals surface area (Å²) in [6.45, 7) is 1.97. The molecule has 20 heavy (non-hydrogen) atoms. The van der Waals surface area contributed by atoms with Crippen LogP contribution in [-0.2, 0) is 17.6 Å². The minimum absolute atomic E-state index is 0.448. The first-order valence-electron chi connectivity index (χ1n) is 6.58. The Morgan fingerprint density at radius 3 is 2.45 bits per heavy atom. The molecule has 1 N–H and O–H groups in total. The second-order valence-corrected chi connectivity index (χ2v) is 5.43. The van der Waals surface area contributed by atoms with E-state index in [9.17, 15) is 9.90 Å². The number of rotatable bonds is 5. The largest absolute Gasteiger partial charge is 0.481 e. The minimum Gasteiger partial charge on any atom is -0.481 e. The van der Waals surface area contributed by atoms with Crippen molar-refractivity contribution < 1.29 is 9.90 Å². The monoisotopic (exact) mass is 288 g/mol. The van der Waals surface area contributed by atoms with Gasteiger partial charge in [-0.05, 0) is 42.5 Å². The van der Waals surface area contributed by atoms with Crippen molar-refractivity contribution >= 4 is 17.6 Å². The molecule has 0 aromatic heterocycles. The topological polar surface area (TPSA) is 37.3 Å². The molecule has 2 rings (SSSR count). The van der Waals surface area contributed by atoms with Crippen molar-refractivity contribution in [3.63, 3.8) is 0 Å². The van der Waals surface area contributed by atoms with Gasteiger partial charge in [-0.1, -0.05) is 54.1 Å². The summed E-state index contributed by atoms with van der Waals surface area (Å²) in [5, 5.41) is 10.0. The summed E-state index contributed by atoms with van der Waals surface area (Å²) in [5.41, 5.74) is 3.00. The third-order valence-corrected chi connectivity index (χ3v) is 3.70. The van der Waals surface area contributed by atoms with E-state index < -0.39 is 11.9 Å². The molecular formula is C17H17ClO2. The van der Waals surface area contributed by atoms with Gasteiger partial charge < -0.3 is 5.11 Å². The molecule has 0 aliphatic rings. The van der Waals surface area contributed by atoms with Crippen molar-refractivity contribution in [2.45, 2.75) is 19.8 Å². The van der Waals surface area contributed by atoms with Crippen LogP contribution in [0.25, 0.3) is 0 Å². The lowest BCUT2D eigenvalue weighted by atomic mass is 9.92. The summed E-state index contributed by atoms with van der Waals surface area (Å²) in [6, 6.07) is 15.4. The zero-order valence-corrected chi connectivity index (χ0v) is 12.1. The Balaban J connectivity index is 2.15. The molecule has 0 spiro atoms. The van der Waals surface area contributed by atoms with Crippen LogP contribution < -0.4 is 0 Å². The van der Waals surface area contributed by atoms with Gasteiger partial charge >= 0.3 is 5.97 Å². The number of hydrogen-bond donors (Lipinski definition) is 1. The Morgan fingerprint density at radius 2 is 1.85 bits per heavy atom. The van der Waals surface area contributed by atoms with Gasteiger partial charge in [0.2, 0.25) is 0 Å². The maximum atomic E-state index is 11.4. The average molecular weight is 289 g/mol. The normalized spacial score (nSPS) is 12.1. The summed E-state index contributed by atoms with van der Waals surface area (Å²) < 4.78 is 0. The molecule has 2 aromatic carbocycles. The third kappa shape index (κ3) is 3.84. The van der Waals surface area contributed by atoms with E-state index in [2.05, 4.69) is 0 Å². The fourth-order valence-corrected chi connectivity index (χ4v) is 2.54. The van der Waals surface area contributed by atoms with Crippen LogP contribution in [0.3, 0.4) is 0 Å². The van der Waals surface area contributed by atoms with Gasteiger partial charge in [0, 0.05) is 5.02 Å². The minimum atomic E-state index is -0.787. The number of benzene rings is 2. The molecule has 0 fully saturated rings. The number of aliphatic carboxylic acids is 1. The Labute approximate surface area is 124 Å². The molecule has 0 saturated carbocycles. The molecule has 104 valence electrons. The van der Waals surface area contributed by atoms with E-state index >= 15 is 0 Å². The first-order chi connectivity index (χ1) is 9.56. The molecule has 0 aliphatic heterocycles. The molecule has 1 unspecified atom stereocenters. The van der Waals surface area contributed by atoms with E-state index in [0.29, 0.717) is 17.9 Å². The van der Waals surface area contributed by atoms with Crippen molar-refractivity contribution in [3.8, 4) is 0 Å². The van der Waals surface area contributed by atoms with Gasteiger partial charge in [-0.2, -0.15) is 0 Å². The predicted octanol–water partition coefficient (Wildman–Crippen LogP) is 4.13. The van der Waals surface area contributed by atoms with Crippen LogP contribution >= 0.6 is 11.6 Å². The van der Waals surface area contributed by atoms with Crippen molar-refractivity contribution in [2.75, 3.05) is 0 Å². The van der Waals surface area contributed by atoms with E-state index in [-0.39, 0.29) is 0 Å². The van der Waals surface area contributed by atoms with Gasteiger partial charge in [0.1, 0.15) is 0 Å². The second kappa shape index (κ2) is 6.58. The van der Waals surface area contributed by atoms with E-state index in [4.69, 9.17) is 11.6 Å². The van der Waals surface area contributed by atoms with Crippen LogP contribution in [-0.4, -0.2) is 11.1 Å². The number of carboxylic acid groups (broad SMARTS) is 1. The highest BCUT2D eigenvalue weighted by Gasteiger charge is 2.19. The van der Waals surface area contributed by atoms with Crippen molar-refractivity contribution in [2.24, 2.45) is 5.92 Å². The highest BCUT2D eigenvalue weighted by atomic mass is 35.5. The predicted molar refractivity (Wildman–Crippen MR) is 81.2 cm³/mol. The highest BCUT2D eigenvalue weighted by Crippen LogP contribution is 2.22. The van der Waals surface area contributed by atoms with Gasteiger partial charge in [0.25, 0.3) is 0 Å². The fourth-order valence-electron chi connectivity index (χ4n) is 2.23. The molecule has 0 aliphatic carbocycles. The maximum Gasteiger partial charge on any atom is 0.307 e. The van der Waals surface area contributed by atoms with Crippen LogP contribution in [0.4, 0.5) is 0 Å². The van der Waals surface area contributed by atoms with Gasteiger partial charge in [-0.15, -0.1) is 0 Å². The van der Waals surface area contributed by atoms with E-state index in [0.717, 1.165) is 16.7 Å². The van der Waals surface area contributed by atoms with Crippen LogP contribution in [0.2, 0.25) is 5.02 Å². The molecule has 0 heterocycles. The zero-order chi connectivity index (χ0) is 14.5. The molecule has 1 atom stereocenters. The van der Waals surface area contributed by atoms with E-state index in [1.807, 2.05) is 55.5 Å². The Kier molecular flexibility index (Phi) is 4.80. The summed E-state index contributed by atoms with van der Waals surface area (Å²) in [5.74, 6) is -1.25. The van der Waals surface area contributed by atoms with Crippen LogP contribution in [0.15, 0.2) is 48.5 Å². The van der Waals surface area contributed by atoms with Crippen LogP contribution in [0.1, 0.15) is 16.7 Å². The molecule has 2 aromatic rings. The lowest BCUT2D eigenvalue weighted by Crippen LogP contribution is -2.19. The molecule has 0 radical (unpaired) electrons. The lowest BCUT2D eigenvalue weighted by Gasteiger charge is -2.14. The highest BCUT2D eigenvalue weighted by molar-refractivity contribution is 6.31.